The van der Waals surface area contributed by atoms with Gasteiger partial charge in [-0.1, -0.05) is 119 Å². The molecule has 0 nitrogen and oxygen atoms in total. The first kappa shape index (κ1) is 19.2. The molecule has 0 aromatic heterocycles. The van der Waals surface area contributed by atoms with E-state index in [1.165, 1.54) is 44.5 Å². The van der Waals surface area contributed by atoms with Gasteiger partial charge in [0.05, 0.1) is 0 Å². The lowest BCUT2D eigenvalue weighted by Gasteiger charge is -2.21. The summed E-state index contributed by atoms with van der Waals surface area (Å²) in [6, 6.07) is 35.2. The quantitative estimate of drug-likeness (QED) is 0.330. The van der Waals surface area contributed by atoms with Crippen LogP contribution in [0.3, 0.4) is 0 Å². The van der Waals surface area contributed by atoms with Crippen molar-refractivity contribution in [2.24, 2.45) is 0 Å². The largest absolute Gasteiger partial charge is 0.0683 e. The highest BCUT2D eigenvalue weighted by Gasteiger charge is 2.34. The zero-order chi connectivity index (χ0) is 20.4. The molecule has 1 aliphatic rings. The van der Waals surface area contributed by atoms with Gasteiger partial charge in [0.2, 0.25) is 0 Å². The standard InChI is InChI=1S/C27H22.C2H6/c1-27(2)25-11-7-6-10-23(25)24-18-22(16-17-26(24)27)21-14-12-20(13-15-21)19-8-4-3-5-9-19;1-2/h3-18H,1-2H3;1-2H3. The summed E-state index contributed by atoms with van der Waals surface area (Å²) < 4.78 is 0. The van der Waals surface area contributed by atoms with Crippen molar-refractivity contribution in [3.63, 3.8) is 0 Å². The smallest absolute Gasteiger partial charge is 0.0158 e. The predicted octanol–water partition coefficient (Wildman–Crippen LogP) is 8.35. The van der Waals surface area contributed by atoms with E-state index in [1.807, 2.05) is 13.8 Å². The van der Waals surface area contributed by atoms with Gasteiger partial charge in [-0.2, -0.15) is 0 Å². The van der Waals surface area contributed by atoms with Gasteiger partial charge in [-0.05, 0) is 50.6 Å². The van der Waals surface area contributed by atoms with E-state index in [0.717, 1.165) is 0 Å². The van der Waals surface area contributed by atoms with Gasteiger partial charge in [0, 0.05) is 5.41 Å². The van der Waals surface area contributed by atoms with Crippen molar-refractivity contribution in [1.82, 2.24) is 0 Å². The van der Waals surface area contributed by atoms with Crippen molar-refractivity contribution in [2.45, 2.75) is 33.1 Å². The lowest BCUT2D eigenvalue weighted by atomic mass is 9.82. The molecule has 0 saturated heterocycles. The normalized spacial score (nSPS) is 13.1. The highest BCUT2D eigenvalue weighted by molar-refractivity contribution is 5.84. The molecule has 4 aromatic carbocycles. The monoisotopic (exact) mass is 376 g/mol. The molecule has 0 amide bonds. The van der Waals surface area contributed by atoms with Crippen LogP contribution in [0.2, 0.25) is 0 Å². The Morgan fingerprint density at radius 1 is 0.448 bits per heavy atom. The van der Waals surface area contributed by atoms with Crippen LogP contribution in [0.25, 0.3) is 33.4 Å². The first-order valence-corrected chi connectivity index (χ1v) is 10.5. The van der Waals surface area contributed by atoms with Crippen LogP contribution in [0.4, 0.5) is 0 Å². The Morgan fingerprint density at radius 2 is 0.931 bits per heavy atom. The molecule has 0 aliphatic heterocycles. The summed E-state index contributed by atoms with van der Waals surface area (Å²) in [5.74, 6) is 0. The molecule has 0 saturated carbocycles. The highest BCUT2D eigenvalue weighted by atomic mass is 14.4. The van der Waals surface area contributed by atoms with E-state index in [-0.39, 0.29) is 5.41 Å². The Morgan fingerprint density at radius 3 is 1.62 bits per heavy atom. The third-order valence-corrected chi connectivity index (χ3v) is 5.91. The number of fused-ring (bicyclic) bond motifs is 3. The summed E-state index contributed by atoms with van der Waals surface area (Å²) in [5, 5.41) is 0. The van der Waals surface area contributed by atoms with Gasteiger partial charge in [0.1, 0.15) is 0 Å². The Labute approximate surface area is 174 Å². The zero-order valence-electron chi connectivity index (χ0n) is 17.7. The molecular formula is C29H28. The first-order chi connectivity index (χ1) is 14.1. The summed E-state index contributed by atoms with van der Waals surface area (Å²) in [6.07, 6.45) is 0. The van der Waals surface area contributed by atoms with Crippen LogP contribution in [0.5, 0.6) is 0 Å². The fourth-order valence-electron chi connectivity index (χ4n) is 4.39. The highest BCUT2D eigenvalue weighted by Crippen LogP contribution is 2.49. The summed E-state index contributed by atoms with van der Waals surface area (Å²) in [6.45, 7) is 8.65. The minimum Gasteiger partial charge on any atom is -0.0683 e. The SMILES string of the molecule is CC.CC1(C)c2ccccc2-c2cc(-c3ccc(-c4ccccc4)cc3)ccc21. The molecule has 1 aliphatic carbocycles. The van der Waals surface area contributed by atoms with Crippen LogP contribution in [0, 0.1) is 0 Å². The van der Waals surface area contributed by atoms with Crippen LogP contribution in [-0.4, -0.2) is 0 Å². The molecule has 29 heavy (non-hydrogen) atoms. The molecule has 144 valence electrons. The first-order valence-electron chi connectivity index (χ1n) is 10.5. The lowest BCUT2D eigenvalue weighted by Crippen LogP contribution is -2.14. The van der Waals surface area contributed by atoms with Crippen molar-refractivity contribution >= 4 is 0 Å². The van der Waals surface area contributed by atoms with Gasteiger partial charge >= 0.3 is 0 Å². The Balaban J connectivity index is 0.000000994. The minimum absolute atomic E-state index is 0.0711. The Kier molecular flexibility index (Phi) is 5.11. The second-order valence-electron chi connectivity index (χ2n) is 7.87. The maximum atomic E-state index is 2.36. The summed E-state index contributed by atoms with van der Waals surface area (Å²) in [4.78, 5) is 0. The van der Waals surface area contributed by atoms with E-state index in [2.05, 4.69) is 111 Å². The molecular weight excluding hydrogens is 348 g/mol. The van der Waals surface area contributed by atoms with E-state index in [9.17, 15) is 0 Å². The number of hydrogen-bond donors (Lipinski definition) is 0. The van der Waals surface area contributed by atoms with E-state index in [0.29, 0.717) is 0 Å². The van der Waals surface area contributed by atoms with E-state index >= 15 is 0 Å². The van der Waals surface area contributed by atoms with Crippen LogP contribution in [-0.2, 0) is 5.41 Å². The topological polar surface area (TPSA) is 0 Å². The summed E-state index contributed by atoms with van der Waals surface area (Å²) in [7, 11) is 0. The van der Waals surface area contributed by atoms with Crippen molar-refractivity contribution in [2.75, 3.05) is 0 Å². The second kappa shape index (κ2) is 7.72. The van der Waals surface area contributed by atoms with Gasteiger partial charge in [-0.25, -0.2) is 0 Å². The van der Waals surface area contributed by atoms with E-state index in [4.69, 9.17) is 0 Å². The molecule has 0 N–H and O–H groups in total. The minimum atomic E-state index is 0.0711. The molecule has 0 radical (unpaired) electrons. The molecule has 4 aromatic rings. The fourth-order valence-corrected chi connectivity index (χ4v) is 4.39. The molecule has 0 fully saturated rings. The predicted molar refractivity (Wildman–Crippen MR) is 126 cm³/mol. The van der Waals surface area contributed by atoms with Crippen LogP contribution >= 0.6 is 0 Å². The maximum Gasteiger partial charge on any atom is 0.0158 e. The molecule has 0 atom stereocenters. The van der Waals surface area contributed by atoms with Crippen molar-refractivity contribution in [1.29, 1.82) is 0 Å². The molecule has 0 bridgehead atoms. The third kappa shape index (κ3) is 3.29. The summed E-state index contributed by atoms with van der Waals surface area (Å²) >= 11 is 0. The van der Waals surface area contributed by atoms with Gasteiger partial charge in [-0.15, -0.1) is 0 Å². The Bertz CT molecular complexity index is 1120. The molecule has 0 spiro atoms. The van der Waals surface area contributed by atoms with Crippen LogP contribution in [0.15, 0.2) is 97.1 Å². The molecule has 0 heteroatoms. The molecule has 5 rings (SSSR count). The molecule has 0 heterocycles. The van der Waals surface area contributed by atoms with Crippen molar-refractivity contribution in [3.05, 3.63) is 108 Å². The van der Waals surface area contributed by atoms with Crippen molar-refractivity contribution in [3.8, 4) is 33.4 Å². The fraction of sp³-hybridized carbons (Fsp3) is 0.172. The second-order valence-corrected chi connectivity index (χ2v) is 7.87. The van der Waals surface area contributed by atoms with Crippen LogP contribution < -0.4 is 0 Å². The van der Waals surface area contributed by atoms with Gasteiger partial charge in [-0.3, -0.25) is 0 Å². The van der Waals surface area contributed by atoms with Crippen molar-refractivity contribution < 1.29 is 0 Å². The van der Waals surface area contributed by atoms with E-state index in [1.54, 1.807) is 0 Å². The lowest BCUT2D eigenvalue weighted by molar-refractivity contribution is 0.660. The molecule has 0 unspecified atom stereocenters. The number of hydrogen-bond acceptors (Lipinski definition) is 0. The average molecular weight is 377 g/mol. The van der Waals surface area contributed by atoms with Gasteiger partial charge < -0.3 is 0 Å². The number of rotatable bonds is 2. The van der Waals surface area contributed by atoms with Gasteiger partial charge in [0.15, 0.2) is 0 Å². The summed E-state index contributed by atoms with van der Waals surface area (Å²) in [5.41, 5.74) is 10.7. The van der Waals surface area contributed by atoms with E-state index < -0.39 is 0 Å². The third-order valence-electron chi connectivity index (χ3n) is 5.91. The maximum absolute atomic E-state index is 2.36. The Hall–Kier alpha value is -3.12. The van der Waals surface area contributed by atoms with Crippen LogP contribution in [0.1, 0.15) is 38.8 Å². The average Bonchev–Trinajstić information content (AvgIpc) is 3.03. The zero-order valence-corrected chi connectivity index (χ0v) is 17.7. The number of benzene rings is 4. The van der Waals surface area contributed by atoms with Gasteiger partial charge in [0.25, 0.3) is 0 Å².